The highest BCUT2D eigenvalue weighted by Crippen LogP contribution is 2.35. The molecule has 1 unspecified atom stereocenters. The van der Waals surface area contributed by atoms with Gasteiger partial charge in [-0.05, 0) is 38.7 Å². The van der Waals surface area contributed by atoms with E-state index in [1.54, 1.807) is 0 Å². The first-order chi connectivity index (χ1) is 10.1. The van der Waals surface area contributed by atoms with Crippen LogP contribution in [-0.2, 0) is 4.74 Å². The molecule has 112 valence electrons. The number of nitrogens with zero attached hydrogens (tertiary/aromatic N) is 1. The van der Waals surface area contributed by atoms with Crippen molar-refractivity contribution in [2.24, 2.45) is 5.92 Å². The van der Waals surface area contributed by atoms with Gasteiger partial charge in [-0.2, -0.15) is 0 Å². The van der Waals surface area contributed by atoms with Crippen LogP contribution in [0.4, 0.5) is 0 Å². The first kappa shape index (κ1) is 14.1. The highest BCUT2D eigenvalue weighted by Gasteiger charge is 2.27. The Kier molecular flexibility index (Phi) is 3.72. The Morgan fingerprint density at radius 3 is 2.67 bits per heavy atom. The van der Waals surface area contributed by atoms with Gasteiger partial charge in [0.1, 0.15) is 0 Å². The molecule has 1 aromatic heterocycles. The Morgan fingerprint density at radius 1 is 1.33 bits per heavy atom. The Morgan fingerprint density at radius 2 is 2.00 bits per heavy atom. The van der Waals surface area contributed by atoms with E-state index in [-0.39, 0.29) is 6.04 Å². The van der Waals surface area contributed by atoms with E-state index in [0.717, 1.165) is 42.7 Å². The second-order valence-electron chi connectivity index (χ2n) is 5.84. The van der Waals surface area contributed by atoms with Gasteiger partial charge < -0.3 is 14.4 Å². The minimum Gasteiger partial charge on any atom is -0.478 e. The van der Waals surface area contributed by atoms with Crippen molar-refractivity contribution in [3.63, 3.8) is 0 Å². The molecule has 4 nitrogen and oxygen atoms in total. The monoisotopic (exact) mass is 287 g/mol. The Bertz CT molecular complexity index is 668. The number of fused-ring (bicyclic) bond motifs is 1. The molecule has 0 spiro atoms. The number of aromatic carboxylic acids is 1. The molecule has 21 heavy (non-hydrogen) atoms. The van der Waals surface area contributed by atoms with Crippen molar-refractivity contribution in [3.8, 4) is 0 Å². The highest BCUT2D eigenvalue weighted by molar-refractivity contribution is 6.05. The summed E-state index contributed by atoms with van der Waals surface area (Å²) in [6, 6.07) is 8.08. The van der Waals surface area contributed by atoms with Gasteiger partial charge in [-0.25, -0.2) is 4.79 Å². The van der Waals surface area contributed by atoms with E-state index in [2.05, 4.69) is 11.5 Å². The van der Waals surface area contributed by atoms with Crippen LogP contribution in [0.15, 0.2) is 24.3 Å². The zero-order chi connectivity index (χ0) is 15.0. The molecule has 0 aliphatic carbocycles. The molecule has 2 heterocycles. The molecule has 1 N–H and O–H groups in total. The lowest BCUT2D eigenvalue weighted by Crippen LogP contribution is -2.24. The third-order valence-corrected chi connectivity index (χ3v) is 4.73. The smallest absolute Gasteiger partial charge is 0.338 e. The zero-order valence-corrected chi connectivity index (χ0v) is 12.5. The lowest BCUT2D eigenvalue weighted by Gasteiger charge is -2.30. The summed E-state index contributed by atoms with van der Waals surface area (Å²) in [5.74, 6) is -0.309. The van der Waals surface area contributed by atoms with E-state index in [4.69, 9.17) is 4.74 Å². The number of ether oxygens (including phenoxy) is 1. The standard InChI is InChI=1S/C17H21NO3/c1-11(13-7-9-21-10-8-13)18-12(2)16(17(19)20)14-5-3-4-6-15(14)18/h3-6,11,13H,7-10H2,1-2H3,(H,19,20). The molecule has 0 saturated carbocycles. The molecule has 1 fully saturated rings. The maximum atomic E-state index is 11.6. The van der Waals surface area contributed by atoms with Gasteiger partial charge in [-0.15, -0.1) is 0 Å². The fourth-order valence-corrected chi connectivity index (χ4v) is 3.59. The molecule has 1 aromatic carbocycles. The van der Waals surface area contributed by atoms with Gasteiger partial charge in [-0.3, -0.25) is 0 Å². The second kappa shape index (κ2) is 5.53. The summed E-state index contributed by atoms with van der Waals surface area (Å²) in [5, 5.41) is 10.4. The van der Waals surface area contributed by atoms with Gasteiger partial charge in [0.05, 0.1) is 5.56 Å². The third kappa shape index (κ3) is 2.33. The van der Waals surface area contributed by atoms with E-state index < -0.39 is 5.97 Å². The topological polar surface area (TPSA) is 51.5 Å². The maximum Gasteiger partial charge on any atom is 0.338 e. The van der Waals surface area contributed by atoms with Crippen molar-refractivity contribution < 1.29 is 14.6 Å². The molecule has 0 radical (unpaired) electrons. The fourth-order valence-electron chi connectivity index (χ4n) is 3.59. The number of aromatic nitrogens is 1. The van der Waals surface area contributed by atoms with Crippen LogP contribution >= 0.6 is 0 Å². The van der Waals surface area contributed by atoms with Crippen LogP contribution in [0, 0.1) is 12.8 Å². The molecule has 3 rings (SSSR count). The molecule has 1 saturated heterocycles. The lowest BCUT2D eigenvalue weighted by atomic mass is 9.92. The minimum atomic E-state index is -0.846. The summed E-state index contributed by atoms with van der Waals surface area (Å²) in [7, 11) is 0. The summed E-state index contributed by atoms with van der Waals surface area (Å²) < 4.78 is 7.65. The molecule has 0 amide bonds. The van der Waals surface area contributed by atoms with Gasteiger partial charge in [0, 0.05) is 35.9 Å². The van der Waals surface area contributed by atoms with Crippen LogP contribution in [0.25, 0.3) is 10.9 Å². The molecule has 1 aliphatic heterocycles. The third-order valence-electron chi connectivity index (χ3n) is 4.73. The summed E-state index contributed by atoms with van der Waals surface area (Å²) in [5.41, 5.74) is 2.30. The van der Waals surface area contributed by atoms with E-state index in [1.807, 2.05) is 31.2 Å². The van der Waals surface area contributed by atoms with Crippen LogP contribution in [0.3, 0.4) is 0 Å². The Balaban J connectivity index is 2.13. The zero-order valence-electron chi connectivity index (χ0n) is 12.5. The lowest BCUT2D eigenvalue weighted by molar-refractivity contribution is 0.0516. The second-order valence-corrected chi connectivity index (χ2v) is 5.84. The molecule has 1 atom stereocenters. The first-order valence-corrected chi connectivity index (χ1v) is 7.52. The van der Waals surface area contributed by atoms with Crippen molar-refractivity contribution in [1.29, 1.82) is 0 Å². The molecule has 1 aliphatic rings. The predicted octanol–water partition coefficient (Wildman–Crippen LogP) is 3.64. The average molecular weight is 287 g/mol. The summed E-state index contributed by atoms with van der Waals surface area (Å²) in [6.45, 7) is 5.72. The predicted molar refractivity (Wildman–Crippen MR) is 81.9 cm³/mol. The van der Waals surface area contributed by atoms with E-state index in [1.165, 1.54) is 0 Å². The Labute approximate surface area is 124 Å². The average Bonchev–Trinajstić information content (AvgIpc) is 2.79. The molecule has 2 aromatic rings. The van der Waals surface area contributed by atoms with E-state index >= 15 is 0 Å². The highest BCUT2D eigenvalue weighted by atomic mass is 16.5. The normalized spacial score (nSPS) is 18.0. The van der Waals surface area contributed by atoms with Gasteiger partial charge in [0.25, 0.3) is 0 Å². The molecule has 0 bridgehead atoms. The fraction of sp³-hybridized carbons (Fsp3) is 0.471. The maximum absolute atomic E-state index is 11.6. The van der Waals surface area contributed by atoms with Gasteiger partial charge in [-0.1, -0.05) is 18.2 Å². The number of rotatable bonds is 3. The summed E-state index contributed by atoms with van der Waals surface area (Å²) in [4.78, 5) is 11.6. The van der Waals surface area contributed by atoms with Crippen molar-refractivity contribution in [2.45, 2.75) is 32.7 Å². The number of carboxylic acids is 1. The van der Waals surface area contributed by atoms with Crippen LogP contribution < -0.4 is 0 Å². The minimum absolute atomic E-state index is 0.284. The largest absolute Gasteiger partial charge is 0.478 e. The van der Waals surface area contributed by atoms with Gasteiger partial charge >= 0.3 is 5.97 Å². The number of hydrogen-bond donors (Lipinski definition) is 1. The Hall–Kier alpha value is -1.81. The van der Waals surface area contributed by atoms with Crippen LogP contribution in [-0.4, -0.2) is 28.9 Å². The van der Waals surface area contributed by atoms with E-state index in [9.17, 15) is 9.90 Å². The van der Waals surface area contributed by atoms with Crippen LogP contribution in [0.1, 0.15) is 41.9 Å². The SMILES string of the molecule is Cc1c(C(=O)O)c2ccccc2n1C(C)C1CCOCC1. The number of para-hydroxylation sites is 1. The quantitative estimate of drug-likeness (QED) is 0.937. The van der Waals surface area contributed by atoms with Crippen molar-refractivity contribution in [3.05, 3.63) is 35.5 Å². The summed E-state index contributed by atoms with van der Waals surface area (Å²) >= 11 is 0. The van der Waals surface area contributed by atoms with Crippen LogP contribution in [0.2, 0.25) is 0 Å². The van der Waals surface area contributed by atoms with Crippen LogP contribution in [0.5, 0.6) is 0 Å². The van der Waals surface area contributed by atoms with Crippen molar-refractivity contribution in [2.75, 3.05) is 13.2 Å². The molecule has 4 heteroatoms. The summed E-state index contributed by atoms with van der Waals surface area (Å²) in [6.07, 6.45) is 2.07. The number of carboxylic acid groups (broad SMARTS) is 1. The molecular formula is C17H21NO3. The van der Waals surface area contributed by atoms with E-state index in [0.29, 0.717) is 11.5 Å². The van der Waals surface area contributed by atoms with Crippen molar-refractivity contribution in [1.82, 2.24) is 4.57 Å². The van der Waals surface area contributed by atoms with Crippen molar-refractivity contribution >= 4 is 16.9 Å². The van der Waals surface area contributed by atoms with Gasteiger partial charge in [0.2, 0.25) is 0 Å². The molecular weight excluding hydrogens is 266 g/mol. The van der Waals surface area contributed by atoms with Gasteiger partial charge in [0.15, 0.2) is 0 Å². The number of carbonyl (C=O) groups is 1. The number of hydrogen-bond acceptors (Lipinski definition) is 2. The first-order valence-electron chi connectivity index (χ1n) is 7.52. The number of benzene rings is 1.